The van der Waals surface area contributed by atoms with Gasteiger partial charge < -0.3 is 10.2 Å². The summed E-state index contributed by atoms with van der Waals surface area (Å²) in [5, 5.41) is 3.23. The van der Waals surface area contributed by atoms with Gasteiger partial charge in [-0.1, -0.05) is 40.5 Å². The molecule has 2 aromatic heterocycles. The van der Waals surface area contributed by atoms with Crippen molar-refractivity contribution in [3.05, 3.63) is 30.5 Å². The number of anilines is 1. The highest BCUT2D eigenvalue weighted by atomic mass is 16.1. The van der Waals surface area contributed by atoms with Crippen molar-refractivity contribution in [2.75, 3.05) is 11.4 Å². The number of amides is 1. The van der Waals surface area contributed by atoms with E-state index in [0.29, 0.717) is 18.3 Å². The Kier molecular flexibility index (Phi) is 8.65. The largest absolute Gasteiger partial charge is 0.354 e. The first-order valence-electron chi connectivity index (χ1n) is 12.3. The highest BCUT2D eigenvalue weighted by molar-refractivity contribution is 5.77. The zero-order valence-electron chi connectivity index (χ0n) is 20.4. The van der Waals surface area contributed by atoms with Gasteiger partial charge in [0.15, 0.2) is 0 Å². The number of carbonyl (C=O) groups excluding carboxylic acids is 1. The summed E-state index contributed by atoms with van der Waals surface area (Å²) >= 11 is 0. The van der Waals surface area contributed by atoms with Crippen molar-refractivity contribution in [3.63, 3.8) is 0 Å². The van der Waals surface area contributed by atoms with Crippen molar-refractivity contribution in [3.8, 4) is 5.95 Å². The third-order valence-corrected chi connectivity index (χ3v) is 6.22. The van der Waals surface area contributed by atoms with E-state index in [1.54, 1.807) is 12.5 Å². The Bertz CT molecular complexity index is 848. The summed E-state index contributed by atoms with van der Waals surface area (Å²) in [4.78, 5) is 28.9. The number of nitrogens with one attached hydrogen (secondary N) is 1. The normalized spacial score (nSPS) is 17.7. The standard InChI is InChI=1S/C25H40N6O/c1-18(2)9-8-10-20(5)27-24(32)15-21-11-6-7-13-31(21)23-16-22(19(3)4)28-25(29-23)30-14-12-26-17-30/h12,14,16-21H,6-11,13,15H2,1-5H3,(H,27,32). The molecule has 0 aliphatic carbocycles. The number of piperidine rings is 1. The van der Waals surface area contributed by atoms with E-state index in [1.807, 2.05) is 10.8 Å². The van der Waals surface area contributed by atoms with E-state index in [2.05, 4.69) is 55.9 Å². The molecule has 1 saturated heterocycles. The van der Waals surface area contributed by atoms with Gasteiger partial charge in [-0.2, -0.15) is 4.98 Å². The molecule has 2 aromatic rings. The highest BCUT2D eigenvalue weighted by Crippen LogP contribution is 2.28. The van der Waals surface area contributed by atoms with Gasteiger partial charge in [-0.15, -0.1) is 0 Å². The lowest BCUT2D eigenvalue weighted by molar-refractivity contribution is -0.122. The molecule has 7 heteroatoms. The van der Waals surface area contributed by atoms with Gasteiger partial charge in [0, 0.05) is 43.5 Å². The van der Waals surface area contributed by atoms with Crippen molar-refractivity contribution < 1.29 is 4.79 Å². The molecule has 0 spiro atoms. The molecule has 1 aliphatic rings. The Hall–Kier alpha value is -2.44. The molecule has 2 unspecified atom stereocenters. The number of hydrogen-bond acceptors (Lipinski definition) is 5. The van der Waals surface area contributed by atoms with E-state index in [9.17, 15) is 4.79 Å². The van der Waals surface area contributed by atoms with Crippen LogP contribution in [0.5, 0.6) is 0 Å². The van der Waals surface area contributed by atoms with Crippen LogP contribution in [0.4, 0.5) is 5.82 Å². The fraction of sp³-hybridized carbons (Fsp3) is 0.680. The summed E-state index contributed by atoms with van der Waals surface area (Å²) in [6.45, 7) is 11.8. The van der Waals surface area contributed by atoms with Crippen LogP contribution in [0.15, 0.2) is 24.8 Å². The minimum Gasteiger partial charge on any atom is -0.354 e. The second kappa shape index (κ2) is 11.4. The van der Waals surface area contributed by atoms with E-state index in [1.165, 1.54) is 6.42 Å². The van der Waals surface area contributed by atoms with Gasteiger partial charge >= 0.3 is 0 Å². The predicted octanol–water partition coefficient (Wildman–Crippen LogP) is 4.87. The molecular formula is C25H40N6O. The van der Waals surface area contributed by atoms with Gasteiger partial charge in [0.1, 0.15) is 12.1 Å². The Labute approximate surface area is 193 Å². The summed E-state index contributed by atoms with van der Waals surface area (Å²) in [6, 6.07) is 2.48. The Morgan fingerprint density at radius 2 is 1.97 bits per heavy atom. The van der Waals surface area contributed by atoms with Crippen LogP contribution >= 0.6 is 0 Å². The van der Waals surface area contributed by atoms with Crippen LogP contribution in [0.1, 0.15) is 91.2 Å². The van der Waals surface area contributed by atoms with Gasteiger partial charge in [0.2, 0.25) is 11.9 Å². The first kappa shape index (κ1) is 24.2. The average Bonchev–Trinajstić information content (AvgIpc) is 3.28. The Balaban J connectivity index is 1.71. The molecule has 32 heavy (non-hydrogen) atoms. The number of carbonyl (C=O) groups is 1. The van der Waals surface area contributed by atoms with Crippen molar-refractivity contribution in [1.82, 2.24) is 24.8 Å². The molecule has 1 aliphatic heterocycles. The van der Waals surface area contributed by atoms with Crippen molar-refractivity contribution in [1.29, 1.82) is 0 Å². The van der Waals surface area contributed by atoms with E-state index in [4.69, 9.17) is 9.97 Å². The third-order valence-electron chi connectivity index (χ3n) is 6.22. The number of hydrogen-bond donors (Lipinski definition) is 1. The molecular weight excluding hydrogens is 400 g/mol. The maximum atomic E-state index is 12.8. The van der Waals surface area contributed by atoms with Crippen molar-refractivity contribution in [2.45, 2.75) is 97.6 Å². The van der Waals surface area contributed by atoms with E-state index in [-0.39, 0.29) is 23.9 Å². The molecule has 1 amide bonds. The number of aromatic nitrogens is 4. The molecule has 1 fully saturated rings. The second-order valence-electron chi connectivity index (χ2n) is 9.92. The topological polar surface area (TPSA) is 75.9 Å². The molecule has 176 valence electrons. The lowest BCUT2D eigenvalue weighted by Crippen LogP contribution is -2.44. The lowest BCUT2D eigenvalue weighted by atomic mass is 9.98. The summed E-state index contributed by atoms with van der Waals surface area (Å²) in [7, 11) is 0. The number of nitrogens with zero attached hydrogens (tertiary/aromatic N) is 5. The van der Waals surface area contributed by atoms with E-state index >= 15 is 0 Å². The molecule has 2 atom stereocenters. The van der Waals surface area contributed by atoms with Gasteiger partial charge in [-0.05, 0) is 44.4 Å². The molecule has 0 radical (unpaired) electrons. The maximum Gasteiger partial charge on any atom is 0.237 e. The van der Waals surface area contributed by atoms with Crippen LogP contribution in [0.2, 0.25) is 0 Å². The first-order chi connectivity index (χ1) is 15.3. The minimum absolute atomic E-state index is 0.145. The van der Waals surface area contributed by atoms with E-state index < -0.39 is 0 Å². The molecule has 3 heterocycles. The summed E-state index contributed by atoms with van der Waals surface area (Å²) in [5.74, 6) is 2.69. The maximum absolute atomic E-state index is 12.8. The van der Waals surface area contributed by atoms with Crippen molar-refractivity contribution >= 4 is 11.7 Å². The smallest absolute Gasteiger partial charge is 0.237 e. The zero-order valence-corrected chi connectivity index (χ0v) is 20.4. The molecule has 0 saturated carbocycles. The van der Waals surface area contributed by atoms with Crippen LogP contribution < -0.4 is 10.2 Å². The van der Waals surface area contributed by atoms with E-state index in [0.717, 1.165) is 50.2 Å². The summed E-state index contributed by atoms with van der Waals surface area (Å²) < 4.78 is 1.85. The lowest BCUT2D eigenvalue weighted by Gasteiger charge is -2.37. The average molecular weight is 441 g/mol. The molecule has 7 nitrogen and oxygen atoms in total. The van der Waals surface area contributed by atoms with Crippen LogP contribution in [0.25, 0.3) is 5.95 Å². The van der Waals surface area contributed by atoms with Crippen molar-refractivity contribution in [2.24, 2.45) is 5.92 Å². The molecule has 3 rings (SSSR count). The van der Waals surface area contributed by atoms with Crippen LogP contribution in [0.3, 0.4) is 0 Å². The van der Waals surface area contributed by atoms with Gasteiger partial charge in [0.25, 0.3) is 0 Å². The molecule has 0 bridgehead atoms. The van der Waals surface area contributed by atoms with Crippen LogP contribution in [-0.4, -0.2) is 44.1 Å². The molecule has 1 N–H and O–H groups in total. The summed E-state index contributed by atoms with van der Waals surface area (Å²) in [6.07, 6.45) is 12.5. The monoisotopic (exact) mass is 440 g/mol. The predicted molar refractivity (Wildman–Crippen MR) is 129 cm³/mol. The minimum atomic E-state index is 0.145. The quantitative estimate of drug-likeness (QED) is 0.571. The van der Waals surface area contributed by atoms with Crippen LogP contribution in [-0.2, 0) is 4.79 Å². The SMILES string of the molecule is CC(C)CCCC(C)NC(=O)CC1CCCCN1c1cc(C(C)C)nc(-n2ccnc2)n1. The molecule has 0 aromatic carbocycles. The van der Waals surface area contributed by atoms with Gasteiger partial charge in [-0.25, -0.2) is 9.97 Å². The Morgan fingerprint density at radius 1 is 1.16 bits per heavy atom. The first-order valence-corrected chi connectivity index (χ1v) is 12.3. The highest BCUT2D eigenvalue weighted by Gasteiger charge is 2.27. The Morgan fingerprint density at radius 3 is 2.66 bits per heavy atom. The fourth-order valence-corrected chi connectivity index (χ4v) is 4.34. The third kappa shape index (κ3) is 6.78. The zero-order chi connectivity index (χ0) is 23.1. The second-order valence-corrected chi connectivity index (χ2v) is 9.92. The number of imidazole rings is 1. The van der Waals surface area contributed by atoms with Gasteiger partial charge in [0.05, 0.1) is 5.69 Å². The fourth-order valence-electron chi connectivity index (χ4n) is 4.34. The summed E-state index contributed by atoms with van der Waals surface area (Å²) in [5.41, 5.74) is 1.01. The number of rotatable bonds is 10. The van der Waals surface area contributed by atoms with Crippen LogP contribution in [0, 0.1) is 5.92 Å². The van der Waals surface area contributed by atoms with Gasteiger partial charge in [-0.3, -0.25) is 9.36 Å².